The summed E-state index contributed by atoms with van der Waals surface area (Å²) in [7, 11) is 0. The molecule has 1 fully saturated rings. The second kappa shape index (κ2) is 6.55. The quantitative estimate of drug-likeness (QED) is 0.794. The van der Waals surface area contributed by atoms with Gasteiger partial charge in [0, 0.05) is 18.2 Å². The first-order valence-electron chi connectivity index (χ1n) is 7.11. The number of rotatable bonds is 4. The third-order valence-electron chi connectivity index (χ3n) is 3.73. The summed E-state index contributed by atoms with van der Waals surface area (Å²) in [4.78, 5) is 25.3. The maximum atomic E-state index is 12.1. The Kier molecular flexibility index (Phi) is 4.77. The fourth-order valence-electron chi connectivity index (χ4n) is 2.50. The Morgan fingerprint density at radius 3 is 2.85 bits per heavy atom. The van der Waals surface area contributed by atoms with Gasteiger partial charge in [0.25, 0.3) is 5.91 Å². The van der Waals surface area contributed by atoms with Crippen molar-refractivity contribution < 1.29 is 14.3 Å². The standard InChI is InChI=1S/C16H21NO3/c1-12-6-3-4-9-17(12)16(19)11-20-15-8-5-7-14(10-15)13(2)18/h5,7-8,10,12H,3-4,6,9,11H2,1-2H3. The van der Waals surface area contributed by atoms with Crippen LogP contribution in [0.1, 0.15) is 43.5 Å². The van der Waals surface area contributed by atoms with Crippen molar-refractivity contribution in [2.45, 2.75) is 39.2 Å². The molecule has 1 atom stereocenters. The molecule has 0 aromatic heterocycles. The van der Waals surface area contributed by atoms with E-state index in [0.717, 1.165) is 19.4 Å². The highest BCUT2D eigenvalue weighted by Crippen LogP contribution is 2.18. The fourth-order valence-corrected chi connectivity index (χ4v) is 2.50. The molecule has 1 heterocycles. The largest absolute Gasteiger partial charge is 0.484 e. The summed E-state index contributed by atoms with van der Waals surface area (Å²) >= 11 is 0. The van der Waals surface area contributed by atoms with Gasteiger partial charge in [-0.3, -0.25) is 9.59 Å². The fraction of sp³-hybridized carbons (Fsp3) is 0.500. The van der Waals surface area contributed by atoms with Gasteiger partial charge in [-0.25, -0.2) is 0 Å². The van der Waals surface area contributed by atoms with Gasteiger partial charge in [-0.05, 0) is 45.2 Å². The lowest BCUT2D eigenvalue weighted by Gasteiger charge is -2.33. The van der Waals surface area contributed by atoms with Crippen LogP contribution in [-0.2, 0) is 4.79 Å². The maximum absolute atomic E-state index is 12.1. The van der Waals surface area contributed by atoms with Crippen molar-refractivity contribution in [3.05, 3.63) is 29.8 Å². The van der Waals surface area contributed by atoms with E-state index in [1.807, 2.05) is 4.90 Å². The van der Waals surface area contributed by atoms with Crippen LogP contribution >= 0.6 is 0 Å². The van der Waals surface area contributed by atoms with Crippen LogP contribution in [0.4, 0.5) is 0 Å². The Balaban J connectivity index is 1.92. The minimum absolute atomic E-state index is 0.00794. The number of amides is 1. The van der Waals surface area contributed by atoms with E-state index in [2.05, 4.69) is 6.92 Å². The number of carbonyl (C=O) groups excluding carboxylic acids is 2. The van der Waals surface area contributed by atoms with E-state index in [1.54, 1.807) is 24.3 Å². The summed E-state index contributed by atoms with van der Waals surface area (Å²) in [6.45, 7) is 4.44. The van der Waals surface area contributed by atoms with Crippen LogP contribution in [0.5, 0.6) is 5.75 Å². The third-order valence-corrected chi connectivity index (χ3v) is 3.73. The van der Waals surface area contributed by atoms with Gasteiger partial charge < -0.3 is 9.64 Å². The van der Waals surface area contributed by atoms with E-state index in [9.17, 15) is 9.59 Å². The number of hydrogen-bond acceptors (Lipinski definition) is 3. The first kappa shape index (κ1) is 14.6. The van der Waals surface area contributed by atoms with Crippen LogP contribution in [0.3, 0.4) is 0 Å². The van der Waals surface area contributed by atoms with Crippen LogP contribution in [0.15, 0.2) is 24.3 Å². The van der Waals surface area contributed by atoms with Crippen molar-refractivity contribution >= 4 is 11.7 Å². The minimum Gasteiger partial charge on any atom is -0.484 e. The van der Waals surface area contributed by atoms with Crippen LogP contribution in [0, 0.1) is 0 Å². The second-order valence-electron chi connectivity index (χ2n) is 5.30. The van der Waals surface area contributed by atoms with Crippen molar-refractivity contribution in [2.24, 2.45) is 0 Å². The van der Waals surface area contributed by atoms with Crippen molar-refractivity contribution in [3.8, 4) is 5.75 Å². The summed E-state index contributed by atoms with van der Waals surface area (Å²) in [5.41, 5.74) is 0.598. The number of Topliss-reactive ketones (excluding diaryl/α,β-unsaturated/α-hetero) is 1. The number of benzene rings is 1. The average molecular weight is 275 g/mol. The number of ether oxygens (including phenoxy) is 1. The number of likely N-dealkylation sites (tertiary alicyclic amines) is 1. The van der Waals surface area contributed by atoms with Crippen LogP contribution in [-0.4, -0.2) is 35.8 Å². The summed E-state index contributed by atoms with van der Waals surface area (Å²) in [5, 5.41) is 0. The van der Waals surface area contributed by atoms with Gasteiger partial charge >= 0.3 is 0 Å². The van der Waals surface area contributed by atoms with E-state index in [0.29, 0.717) is 17.4 Å². The predicted molar refractivity (Wildman–Crippen MR) is 77.0 cm³/mol. The third kappa shape index (κ3) is 3.59. The average Bonchev–Trinajstić information content (AvgIpc) is 2.45. The Labute approximate surface area is 119 Å². The molecule has 108 valence electrons. The summed E-state index contributed by atoms with van der Waals surface area (Å²) < 4.78 is 5.52. The van der Waals surface area contributed by atoms with Crippen molar-refractivity contribution in [1.29, 1.82) is 0 Å². The summed E-state index contributed by atoms with van der Waals surface area (Å²) in [5.74, 6) is 0.576. The van der Waals surface area contributed by atoms with Crippen molar-refractivity contribution in [1.82, 2.24) is 4.90 Å². The SMILES string of the molecule is CC(=O)c1cccc(OCC(=O)N2CCCCC2C)c1. The van der Waals surface area contributed by atoms with Crippen molar-refractivity contribution in [3.63, 3.8) is 0 Å². The van der Waals surface area contributed by atoms with E-state index in [4.69, 9.17) is 4.74 Å². The van der Waals surface area contributed by atoms with Gasteiger partial charge in [0.15, 0.2) is 12.4 Å². The second-order valence-corrected chi connectivity index (χ2v) is 5.30. The van der Waals surface area contributed by atoms with E-state index in [1.165, 1.54) is 13.3 Å². The molecule has 0 spiro atoms. The number of nitrogens with zero attached hydrogens (tertiary/aromatic N) is 1. The van der Waals surface area contributed by atoms with Gasteiger partial charge in [-0.2, -0.15) is 0 Å². The molecule has 1 unspecified atom stereocenters. The molecule has 0 aliphatic carbocycles. The molecular weight excluding hydrogens is 254 g/mol. The minimum atomic E-state index is -0.00794. The van der Waals surface area contributed by atoms with Gasteiger partial charge in [0.2, 0.25) is 0 Å². The van der Waals surface area contributed by atoms with Gasteiger partial charge in [-0.15, -0.1) is 0 Å². The highest BCUT2D eigenvalue weighted by atomic mass is 16.5. The normalized spacial score (nSPS) is 18.7. The summed E-state index contributed by atoms with van der Waals surface area (Å²) in [6.07, 6.45) is 3.31. The van der Waals surface area contributed by atoms with E-state index >= 15 is 0 Å². The Hall–Kier alpha value is -1.84. The van der Waals surface area contributed by atoms with E-state index < -0.39 is 0 Å². The smallest absolute Gasteiger partial charge is 0.260 e. The lowest BCUT2D eigenvalue weighted by atomic mass is 10.0. The van der Waals surface area contributed by atoms with Gasteiger partial charge in [0.1, 0.15) is 5.75 Å². The molecule has 1 amide bonds. The highest BCUT2D eigenvalue weighted by molar-refractivity contribution is 5.94. The predicted octanol–water partition coefficient (Wildman–Crippen LogP) is 2.67. The zero-order chi connectivity index (χ0) is 14.5. The number of piperidine rings is 1. The zero-order valence-electron chi connectivity index (χ0n) is 12.1. The molecule has 1 aliphatic heterocycles. The molecule has 2 rings (SSSR count). The first-order valence-corrected chi connectivity index (χ1v) is 7.11. The number of ketones is 1. The zero-order valence-corrected chi connectivity index (χ0v) is 12.1. The number of hydrogen-bond donors (Lipinski definition) is 0. The van der Waals surface area contributed by atoms with Crippen LogP contribution in [0.2, 0.25) is 0 Å². The summed E-state index contributed by atoms with van der Waals surface area (Å²) in [6, 6.07) is 7.24. The molecule has 0 bridgehead atoms. The first-order chi connectivity index (χ1) is 9.58. The molecule has 4 heteroatoms. The Bertz CT molecular complexity index is 498. The molecule has 1 aliphatic rings. The molecule has 1 saturated heterocycles. The molecular formula is C16H21NO3. The Morgan fingerprint density at radius 2 is 2.15 bits per heavy atom. The molecule has 1 aromatic rings. The highest BCUT2D eigenvalue weighted by Gasteiger charge is 2.23. The molecule has 4 nitrogen and oxygen atoms in total. The topological polar surface area (TPSA) is 46.6 Å². The lowest BCUT2D eigenvalue weighted by molar-refractivity contribution is -0.136. The van der Waals surface area contributed by atoms with E-state index in [-0.39, 0.29) is 18.3 Å². The van der Waals surface area contributed by atoms with Crippen LogP contribution < -0.4 is 4.74 Å². The van der Waals surface area contributed by atoms with Crippen LogP contribution in [0.25, 0.3) is 0 Å². The molecule has 20 heavy (non-hydrogen) atoms. The van der Waals surface area contributed by atoms with Crippen molar-refractivity contribution in [2.75, 3.05) is 13.2 Å². The number of carbonyl (C=O) groups is 2. The molecule has 0 saturated carbocycles. The molecule has 0 radical (unpaired) electrons. The van der Waals surface area contributed by atoms with Gasteiger partial charge in [0.05, 0.1) is 0 Å². The maximum Gasteiger partial charge on any atom is 0.260 e. The lowest BCUT2D eigenvalue weighted by Crippen LogP contribution is -2.44. The monoisotopic (exact) mass is 275 g/mol. The van der Waals surface area contributed by atoms with Gasteiger partial charge in [-0.1, -0.05) is 12.1 Å². The Morgan fingerprint density at radius 1 is 1.35 bits per heavy atom. The molecule has 1 aromatic carbocycles. The molecule has 0 N–H and O–H groups in total.